The number of fused-ring (bicyclic) bond motifs is 3. The maximum atomic E-state index is 6.10. The first kappa shape index (κ1) is 46.1. The Morgan fingerprint density at radius 1 is 0.397 bits per heavy atom. The molecule has 9 aromatic carbocycles. The molecule has 0 aliphatic heterocycles. The molecule has 0 radical (unpaired) electrons. The molecule has 0 N–H and O–H groups in total. The lowest BCUT2D eigenvalue weighted by molar-refractivity contribution is -0.0748. The highest BCUT2D eigenvalue weighted by atomic mass is 16.7. The van der Waals surface area contributed by atoms with Gasteiger partial charge in [-0.1, -0.05) is 213 Å². The van der Waals surface area contributed by atoms with Crippen LogP contribution in [0.5, 0.6) is 5.75 Å². The van der Waals surface area contributed by atoms with E-state index in [1.165, 1.54) is 65.6 Å². The lowest BCUT2D eigenvalue weighted by atomic mass is 9.94. The predicted octanol–water partition coefficient (Wildman–Crippen LogP) is 17.4. The van der Waals surface area contributed by atoms with Gasteiger partial charge >= 0.3 is 0 Å². The average molecular weight is 832 g/mol. The highest BCUT2D eigenvalue weighted by Crippen LogP contribution is 2.39. The Kier molecular flexibility index (Phi) is 16.5. The number of hydrogen-bond acceptors (Lipinski definition) is 2. The molecule has 1 atom stereocenters. The van der Waals surface area contributed by atoms with Gasteiger partial charge in [-0.3, -0.25) is 0 Å². The van der Waals surface area contributed by atoms with Crippen molar-refractivity contribution in [1.29, 1.82) is 0 Å². The van der Waals surface area contributed by atoms with E-state index in [1.807, 2.05) is 32.9 Å². The second kappa shape index (κ2) is 22.6. The van der Waals surface area contributed by atoms with Crippen LogP contribution in [0.15, 0.2) is 194 Å². The summed E-state index contributed by atoms with van der Waals surface area (Å²) in [6.45, 7) is 19.8. The van der Waals surface area contributed by atoms with Crippen LogP contribution in [0, 0.1) is 5.92 Å². The van der Waals surface area contributed by atoms with Gasteiger partial charge in [0.05, 0.1) is 17.6 Å². The first-order valence-corrected chi connectivity index (χ1v) is 22.8. The summed E-state index contributed by atoms with van der Waals surface area (Å²) in [4.78, 5) is 0. The Morgan fingerprint density at radius 2 is 0.825 bits per heavy atom. The van der Waals surface area contributed by atoms with Crippen molar-refractivity contribution in [2.45, 2.75) is 80.4 Å². The van der Waals surface area contributed by atoms with Gasteiger partial charge in [-0.05, 0) is 93.7 Å². The third kappa shape index (κ3) is 11.5. The fourth-order valence-electron chi connectivity index (χ4n) is 7.81. The molecule has 0 aliphatic rings. The molecule has 0 saturated carbocycles. The quantitative estimate of drug-likeness (QED) is 0.112. The summed E-state index contributed by atoms with van der Waals surface area (Å²) in [7, 11) is 0. The maximum Gasteiger partial charge on any atom is 0.197 e. The summed E-state index contributed by atoms with van der Waals surface area (Å²) in [5, 5.41) is 10.1. The third-order valence-electron chi connectivity index (χ3n) is 11.0. The Labute approximate surface area is 376 Å². The number of rotatable bonds is 8. The molecule has 322 valence electrons. The van der Waals surface area contributed by atoms with Crippen LogP contribution in [0.25, 0.3) is 59.8 Å². The molecule has 0 spiro atoms. The first-order valence-electron chi connectivity index (χ1n) is 22.8. The van der Waals surface area contributed by atoms with E-state index >= 15 is 0 Å². The van der Waals surface area contributed by atoms with Gasteiger partial charge in [0.25, 0.3) is 0 Å². The lowest BCUT2D eigenvalue weighted by Crippen LogP contribution is -2.19. The van der Waals surface area contributed by atoms with Crippen LogP contribution in [0.2, 0.25) is 0 Å². The van der Waals surface area contributed by atoms with E-state index in [-0.39, 0.29) is 6.29 Å². The van der Waals surface area contributed by atoms with E-state index in [0.717, 1.165) is 11.1 Å². The van der Waals surface area contributed by atoms with Crippen LogP contribution in [-0.2, 0) is 4.74 Å². The molecule has 0 amide bonds. The Balaban J connectivity index is 0.000000150. The van der Waals surface area contributed by atoms with Crippen LogP contribution in [0.4, 0.5) is 0 Å². The van der Waals surface area contributed by atoms with Crippen molar-refractivity contribution < 1.29 is 9.47 Å². The molecule has 0 bridgehead atoms. The molecule has 10 rings (SSSR count). The minimum absolute atomic E-state index is 0.258. The molecular formula is C60H65NO2. The molecule has 0 saturated heterocycles. The van der Waals surface area contributed by atoms with Gasteiger partial charge in [0.1, 0.15) is 5.75 Å². The van der Waals surface area contributed by atoms with Crippen molar-refractivity contribution in [1.82, 2.24) is 4.57 Å². The topological polar surface area (TPSA) is 23.4 Å². The number of nitrogens with zero attached hydrogens (tertiary/aromatic N) is 1. The van der Waals surface area contributed by atoms with Crippen LogP contribution in [0.1, 0.15) is 85.3 Å². The van der Waals surface area contributed by atoms with Crippen LogP contribution >= 0.6 is 0 Å². The summed E-state index contributed by atoms with van der Waals surface area (Å²) >= 11 is 0. The second-order valence-electron chi connectivity index (χ2n) is 16.7. The van der Waals surface area contributed by atoms with Gasteiger partial charge in [-0.25, -0.2) is 0 Å². The van der Waals surface area contributed by atoms with Gasteiger partial charge in [-0.2, -0.15) is 0 Å². The summed E-state index contributed by atoms with van der Waals surface area (Å²) in [6, 6.07) is 68.1. The average Bonchev–Trinajstić information content (AvgIpc) is 3.67. The zero-order valence-electron chi connectivity index (χ0n) is 38.8. The number of hydrogen-bond donors (Lipinski definition) is 0. The summed E-state index contributed by atoms with van der Waals surface area (Å²) < 4.78 is 14.2. The van der Waals surface area contributed by atoms with Gasteiger partial charge < -0.3 is 14.0 Å². The molecule has 1 heterocycles. The summed E-state index contributed by atoms with van der Waals surface area (Å²) in [5.74, 6) is 2.70. The predicted molar refractivity (Wildman–Crippen MR) is 274 cm³/mol. The van der Waals surface area contributed by atoms with Crippen molar-refractivity contribution in [2.24, 2.45) is 5.92 Å². The molecule has 1 aromatic heterocycles. The van der Waals surface area contributed by atoms with E-state index < -0.39 is 0 Å². The van der Waals surface area contributed by atoms with Crippen molar-refractivity contribution >= 4 is 54.1 Å². The van der Waals surface area contributed by atoms with Crippen LogP contribution in [-0.4, -0.2) is 17.5 Å². The van der Waals surface area contributed by atoms with Gasteiger partial charge in [0, 0.05) is 27.2 Å². The molecule has 0 fully saturated rings. The molecule has 1 unspecified atom stereocenters. The molecule has 0 aliphatic carbocycles. The van der Waals surface area contributed by atoms with Crippen molar-refractivity contribution in [3.63, 3.8) is 0 Å². The Hall–Kier alpha value is -6.42. The number of ether oxygens (including phenoxy) is 2. The minimum Gasteiger partial charge on any atom is -0.465 e. The number of benzene rings is 9. The first-order chi connectivity index (χ1) is 30.7. The Morgan fingerprint density at radius 3 is 1.30 bits per heavy atom. The molecular weight excluding hydrogens is 767 g/mol. The van der Waals surface area contributed by atoms with Crippen LogP contribution < -0.4 is 4.74 Å². The van der Waals surface area contributed by atoms with Crippen molar-refractivity contribution in [3.05, 3.63) is 205 Å². The van der Waals surface area contributed by atoms with Gasteiger partial charge in [0.2, 0.25) is 0 Å². The van der Waals surface area contributed by atoms with Gasteiger partial charge in [-0.15, -0.1) is 0 Å². The lowest BCUT2D eigenvalue weighted by Gasteiger charge is -2.19. The SMILES string of the molecule is CC.CC(C)COC(C)Oc1ccc2ccc3cccc4ccc1c2c34.CC(C)c1ccccc1.CC(C)c1ccccc1.c1ccc(-n2c3ccccc3c3ccccc32)cc1. The fraction of sp³-hybridized carbons (Fsp3) is 0.233. The van der Waals surface area contributed by atoms with Gasteiger partial charge in [0.15, 0.2) is 6.29 Å². The van der Waals surface area contributed by atoms with E-state index in [2.05, 4.69) is 228 Å². The van der Waals surface area contributed by atoms with Crippen molar-refractivity contribution in [3.8, 4) is 11.4 Å². The van der Waals surface area contributed by atoms with E-state index in [9.17, 15) is 0 Å². The number of para-hydroxylation sites is 3. The highest BCUT2D eigenvalue weighted by Gasteiger charge is 2.14. The van der Waals surface area contributed by atoms with Crippen molar-refractivity contribution in [2.75, 3.05) is 6.61 Å². The molecule has 3 heteroatoms. The normalized spacial score (nSPS) is 11.4. The monoisotopic (exact) mass is 832 g/mol. The highest BCUT2D eigenvalue weighted by molar-refractivity contribution is 6.24. The molecule has 63 heavy (non-hydrogen) atoms. The smallest absolute Gasteiger partial charge is 0.197 e. The maximum absolute atomic E-state index is 6.10. The summed E-state index contributed by atoms with van der Waals surface area (Å²) in [5.41, 5.74) is 6.56. The second-order valence-corrected chi connectivity index (χ2v) is 16.7. The van der Waals surface area contributed by atoms with Crippen LogP contribution in [0.3, 0.4) is 0 Å². The van der Waals surface area contributed by atoms with E-state index in [1.54, 1.807) is 0 Å². The summed E-state index contributed by atoms with van der Waals surface area (Å²) in [6.07, 6.45) is -0.258. The largest absolute Gasteiger partial charge is 0.465 e. The minimum atomic E-state index is -0.258. The molecule has 10 aromatic rings. The van der Waals surface area contributed by atoms with E-state index in [4.69, 9.17) is 9.47 Å². The zero-order valence-corrected chi connectivity index (χ0v) is 38.8. The third-order valence-corrected chi connectivity index (χ3v) is 11.0. The van der Waals surface area contributed by atoms with E-state index in [0.29, 0.717) is 24.4 Å². The Bertz CT molecular complexity index is 2760. The fourth-order valence-corrected chi connectivity index (χ4v) is 7.81. The molecule has 3 nitrogen and oxygen atoms in total. The zero-order chi connectivity index (χ0) is 44.7. The standard InChI is InChI=1S/C22H22O2.C18H13N.2C9H12.C2H6/c1-14(2)13-23-15(3)24-20-12-10-18-8-7-16-5-4-6-17-9-11-19(20)22(18)21(16)17;1-2-8-14(9-3-1)19-17-12-6-4-10-15(17)16-11-5-7-13-18(16)19;2*1-8(2)9-6-4-3-5-7-9;1-2/h4-12,14-15H,13H2,1-3H3;1-13H;2*3-8H,1-2H3;1-2H3. The number of aromatic nitrogens is 1.